The monoisotopic (exact) mass is 244 g/mol. The fourth-order valence-electron chi connectivity index (χ4n) is 2.44. The van der Waals surface area contributed by atoms with Crippen molar-refractivity contribution in [1.82, 2.24) is 9.88 Å². The second-order valence-electron chi connectivity index (χ2n) is 4.61. The molecule has 0 radical (unpaired) electrons. The number of nitrogens with zero attached hydrogens (tertiary/aromatic N) is 1. The summed E-state index contributed by atoms with van der Waals surface area (Å²) in [6, 6.07) is 8.09. The molecular weight excluding hydrogens is 228 g/mol. The van der Waals surface area contributed by atoms with Gasteiger partial charge in [0.2, 0.25) is 0 Å². The quantitative estimate of drug-likeness (QED) is 0.838. The maximum atomic E-state index is 10.8. The lowest BCUT2D eigenvalue weighted by atomic mass is 10.1. The minimum absolute atomic E-state index is 0.638. The molecule has 1 aromatic carbocycles. The summed E-state index contributed by atoms with van der Waals surface area (Å²) in [5, 5.41) is 1.14. The SMILES string of the molecule is O=Cc1cc2c(CN3CCOCC3)cccc2[nH]1. The molecule has 0 bridgehead atoms. The summed E-state index contributed by atoms with van der Waals surface area (Å²) in [7, 11) is 0. The Morgan fingerprint density at radius 3 is 2.94 bits per heavy atom. The van der Waals surface area contributed by atoms with Gasteiger partial charge in [0.25, 0.3) is 0 Å². The Morgan fingerprint density at radius 1 is 1.33 bits per heavy atom. The van der Waals surface area contributed by atoms with Crippen LogP contribution < -0.4 is 0 Å². The molecule has 1 aliphatic heterocycles. The van der Waals surface area contributed by atoms with Gasteiger partial charge in [-0.15, -0.1) is 0 Å². The molecule has 1 aliphatic rings. The van der Waals surface area contributed by atoms with Crippen molar-refractivity contribution < 1.29 is 9.53 Å². The average Bonchev–Trinajstić information content (AvgIpc) is 2.84. The number of H-pyrrole nitrogens is 1. The molecule has 0 aliphatic carbocycles. The highest BCUT2D eigenvalue weighted by Gasteiger charge is 2.13. The standard InChI is InChI=1S/C14H16N2O2/c17-10-12-8-13-11(2-1-3-14(13)15-12)9-16-4-6-18-7-5-16/h1-3,8,10,15H,4-7,9H2. The van der Waals surface area contributed by atoms with Gasteiger partial charge >= 0.3 is 0 Å². The zero-order valence-electron chi connectivity index (χ0n) is 10.2. The maximum Gasteiger partial charge on any atom is 0.166 e. The number of aldehydes is 1. The third-order valence-corrected chi connectivity index (χ3v) is 3.40. The zero-order chi connectivity index (χ0) is 12.4. The van der Waals surface area contributed by atoms with Crippen LogP contribution in [0.1, 0.15) is 16.1 Å². The van der Waals surface area contributed by atoms with Gasteiger partial charge in [-0.1, -0.05) is 12.1 Å². The number of aromatic nitrogens is 1. The molecule has 1 N–H and O–H groups in total. The molecule has 3 rings (SSSR count). The van der Waals surface area contributed by atoms with Gasteiger partial charge in [0.15, 0.2) is 6.29 Å². The minimum atomic E-state index is 0.638. The molecule has 1 fully saturated rings. The second-order valence-corrected chi connectivity index (χ2v) is 4.61. The maximum absolute atomic E-state index is 10.8. The predicted octanol–water partition coefficient (Wildman–Crippen LogP) is 1.81. The molecule has 4 nitrogen and oxygen atoms in total. The van der Waals surface area contributed by atoms with E-state index in [0.717, 1.165) is 50.0 Å². The third kappa shape index (κ3) is 2.17. The topological polar surface area (TPSA) is 45.3 Å². The van der Waals surface area contributed by atoms with E-state index in [1.807, 2.05) is 18.2 Å². The fourth-order valence-corrected chi connectivity index (χ4v) is 2.44. The Bertz CT molecular complexity index is 556. The van der Waals surface area contributed by atoms with Crippen LogP contribution in [0.25, 0.3) is 10.9 Å². The van der Waals surface area contributed by atoms with Crippen LogP contribution in [-0.4, -0.2) is 42.5 Å². The molecule has 0 unspecified atom stereocenters. The van der Waals surface area contributed by atoms with Crippen molar-refractivity contribution in [3.63, 3.8) is 0 Å². The van der Waals surface area contributed by atoms with Gasteiger partial charge in [0.1, 0.15) is 0 Å². The first-order chi connectivity index (χ1) is 8.86. The van der Waals surface area contributed by atoms with E-state index >= 15 is 0 Å². The van der Waals surface area contributed by atoms with E-state index in [4.69, 9.17) is 4.74 Å². The summed E-state index contributed by atoms with van der Waals surface area (Å²) in [6.45, 7) is 4.48. The molecule has 2 heterocycles. The number of nitrogens with one attached hydrogen (secondary N) is 1. The van der Waals surface area contributed by atoms with E-state index in [2.05, 4.69) is 16.0 Å². The molecule has 94 valence electrons. The highest BCUT2D eigenvalue weighted by molar-refractivity contribution is 5.90. The number of ether oxygens (including phenoxy) is 1. The molecular formula is C14H16N2O2. The molecule has 18 heavy (non-hydrogen) atoms. The molecule has 1 saturated heterocycles. The van der Waals surface area contributed by atoms with Crippen LogP contribution in [0.3, 0.4) is 0 Å². The van der Waals surface area contributed by atoms with Crippen molar-refractivity contribution in [3.8, 4) is 0 Å². The Hall–Kier alpha value is -1.65. The van der Waals surface area contributed by atoms with Gasteiger partial charge in [0.05, 0.1) is 18.9 Å². The Balaban J connectivity index is 1.90. The number of fused-ring (bicyclic) bond motifs is 1. The second kappa shape index (κ2) is 4.92. The number of rotatable bonds is 3. The van der Waals surface area contributed by atoms with Crippen LogP contribution in [0.4, 0.5) is 0 Å². The van der Waals surface area contributed by atoms with Gasteiger partial charge in [-0.05, 0) is 17.7 Å². The Labute approximate surface area is 106 Å². The van der Waals surface area contributed by atoms with E-state index in [0.29, 0.717) is 5.69 Å². The summed E-state index contributed by atoms with van der Waals surface area (Å²) < 4.78 is 5.35. The Morgan fingerprint density at radius 2 is 2.17 bits per heavy atom. The summed E-state index contributed by atoms with van der Waals surface area (Å²) in [5.41, 5.74) is 2.93. The van der Waals surface area contributed by atoms with Crippen molar-refractivity contribution >= 4 is 17.2 Å². The van der Waals surface area contributed by atoms with Gasteiger partial charge in [-0.25, -0.2) is 0 Å². The minimum Gasteiger partial charge on any atom is -0.379 e. The van der Waals surface area contributed by atoms with E-state index in [1.165, 1.54) is 5.56 Å². The van der Waals surface area contributed by atoms with Gasteiger partial charge < -0.3 is 9.72 Å². The first kappa shape index (κ1) is 11.4. The number of hydrogen-bond donors (Lipinski definition) is 1. The smallest absolute Gasteiger partial charge is 0.166 e. The molecule has 0 saturated carbocycles. The molecule has 0 spiro atoms. The normalized spacial score (nSPS) is 17.1. The van der Waals surface area contributed by atoms with Crippen LogP contribution in [-0.2, 0) is 11.3 Å². The zero-order valence-corrected chi connectivity index (χ0v) is 10.2. The van der Waals surface area contributed by atoms with Crippen LogP contribution in [0, 0.1) is 0 Å². The van der Waals surface area contributed by atoms with E-state index in [1.54, 1.807) is 0 Å². The summed E-state index contributed by atoms with van der Waals surface area (Å²) in [4.78, 5) is 16.3. The third-order valence-electron chi connectivity index (χ3n) is 3.40. The molecule has 4 heteroatoms. The van der Waals surface area contributed by atoms with E-state index < -0.39 is 0 Å². The number of benzene rings is 1. The lowest BCUT2D eigenvalue weighted by molar-refractivity contribution is 0.0344. The van der Waals surface area contributed by atoms with E-state index in [-0.39, 0.29) is 0 Å². The predicted molar refractivity (Wildman–Crippen MR) is 69.8 cm³/mol. The van der Waals surface area contributed by atoms with Crippen molar-refractivity contribution in [2.75, 3.05) is 26.3 Å². The number of hydrogen-bond acceptors (Lipinski definition) is 3. The van der Waals surface area contributed by atoms with Crippen LogP contribution >= 0.6 is 0 Å². The summed E-state index contributed by atoms with van der Waals surface area (Å²) in [6.07, 6.45) is 0.860. The number of carbonyl (C=O) groups excluding carboxylic acids is 1. The highest BCUT2D eigenvalue weighted by atomic mass is 16.5. The summed E-state index contributed by atoms with van der Waals surface area (Å²) in [5.74, 6) is 0. The molecule has 2 aromatic rings. The summed E-state index contributed by atoms with van der Waals surface area (Å²) >= 11 is 0. The van der Waals surface area contributed by atoms with Crippen molar-refractivity contribution in [3.05, 3.63) is 35.5 Å². The Kier molecular flexibility index (Phi) is 3.13. The number of morpholine rings is 1. The average molecular weight is 244 g/mol. The van der Waals surface area contributed by atoms with Gasteiger partial charge in [-0.2, -0.15) is 0 Å². The van der Waals surface area contributed by atoms with Gasteiger partial charge in [-0.3, -0.25) is 9.69 Å². The van der Waals surface area contributed by atoms with Crippen molar-refractivity contribution in [2.45, 2.75) is 6.54 Å². The first-order valence-corrected chi connectivity index (χ1v) is 6.23. The molecule has 0 amide bonds. The highest BCUT2D eigenvalue weighted by Crippen LogP contribution is 2.21. The van der Waals surface area contributed by atoms with E-state index in [9.17, 15) is 4.79 Å². The molecule has 1 aromatic heterocycles. The molecule has 0 atom stereocenters. The van der Waals surface area contributed by atoms with Crippen LogP contribution in [0.15, 0.2) is 24.3 Å². The number of aromatic amines is 1. The van der Waals surface area contributed by atoms with Crippen molar-refractivity contribution in [1.29, 1.82) is 0 Å². The van der Waals surface area contributed by atoms with Crippen molar-refractivity contribution in [2.24, 2.45) is 0 Å². The lowest BCUT2D eigenvalue weighted by Crippen LogP contribution is -2.35. The van der Waals surface area contributed by atoms with Crippen LogP contribution in [0.2, 0.25) is 0 Å². The number of carbonyl (C=O) groups is 1. The fraction of sp³-hybridized carbons (Fsp3) is 0.357. The first-order valence-electron chi connectivity index (χ1n) is 6.23. The van der Waals surface area contributed by atoms with Gasteiger partial charge in [0, 0.05) is 30.5 Å². The largest absolute Gasteiger partial charge is 0.379 e. The van der Waals surface area contributed by atoms with Crippen LogP contribution in [0.5, 0.6) is 0 Å². The lowest BCUT2D eigenvalue weighted by Gasteiger charge is -2.26.